The second-order valence-corrected chi connectivity index (χ2v) is 14.7. The minimum atomic E-state index is 0.921. The third-order valence-electron chi connectivity index (χ3n) is 10.7. The van der Waals surface area contributed by atoms with Crippen molar-refractivity contribution in [2.75, 3.05) is 4.90 Å². The van der Waals surface area contributed by atoms with E-state index in [0.717, 1.165) is 39.0 Å². The third-order valence-corrected chi connectivity index (χ3v) is 11.8. The van der Waals surface area contributed by atoms with Crippen molar-refractivity contribution in [2.24, 2.45) is 0 Å². The van der Waals surface area contributed by atoms with Gasteiger partial charge in [0.1, 0.15) is 11.2 Å². The molecule has 0 radical (unpaired) electrons. The molecule has 9 aromatic carbocycles. The predicted molar refractivity (Wildman–Crippen MR) is 227 cm³/mol. The largest absolute Gasteiger partial charge is 0.455 e. The van der Waals surface area contributed by atoms with Crippen LogP contribution in [0.25, 0.3) is 85.9 Å². The van der Waals surface area contributed by atoms with Gasteiger partial charge in [-0.2, -0.15) is 0 Å². The van der Waals surface area contributed by atoms with E-state index in [2.05, 4.69) is 193 Å². The van der Waals surface area contributed by atoms with E-state index in [1.54, 1.807) is 0 Å². The first-order chi connectivity index (χ1) is 26.3. The normalized spacial score (nSPS) is 11.8. The molecule has 0 N–H and O–H groups in total. The van der Waals surface area contributed by atoms with Crippen LogP contribution in [0.2, 0.25) is 0 Å². The molecule has 2 heterocycles. The van der Waals surface area contributed by atoms with E-state index < -0.39 is 0 Å². The summed E-state index contributed by atoms with van der Waals surface area (Å²) in [7, 11) is 0. The van der Waals surface area contributed by atoms with Crippen LogP contribution in [0.4, 0.5) is 17.1 Å². The summed E-state index contributed by atoms with van der Waals surface area (Å²) in [5.41, 5.74) is 9.99. The van der Waals surface area contributed by atoms with Gasteiger partial charge in [0.25, 0.3) is 0 Å². The zero-order chi connectivity index (χ0) is 34.9. The monoisotopic (exact) mass is 693 g/mol. The molecular weight excluding hydrogens is 663 g/mol. The number of benzene rings is 9. The lowest BCUT2D eigenvalue weighted by molar-refractivity contribution is 0.673. The van der Waals surface area contributed by atoms with Crippen LogP contribution in [0.1, 0.15) is 0 Å². The summed E-state index contributed by atoms with van der Waals surface area (Å²) in [6.45, 7) is 0. The van der Waals surface area contributed by atoms with Crippen LogP contribution in [0.15, 0.2) is 192 Å². The molecule has 0 spiro atoms. The highest BCUT2D eigenvalue weighted by Gasteiger charge is 2.21. The van der Waals surface area contributed by atoms with E-state index in [1.807, 2.05) is 11.3 Å². The van der Waals surface area contributed by atoms with Gasteiger partial charge >= 0.3 is 0 Å². The maximum atomic E-state index is 6.64. The first-order valence-electron chi connectivity index (χ1n) is 18.0. The maximum Gasteiger partial charge on any atom is 0.143 e. The van der Waals surface area contributed by atoms with Gasteiger partial charge in [-0.3, -0.25) is 0 Å². The van der Waals surface area contributed by atoms with Crippen molar-refractivity contribution in [3.63, 3.8) is 0 Å². The van der Waals surface area contributed by atoms with Gasteiger partial charge in [-0.1, -0.05) is 133 Å². The van der Waals surface area contributed by atoms with Crippen molar-refractivity contribution in [3.05, 3.63) is 188 Å². The molecule has 0 atom stereocenters. The third kappa shape index (κ3) is 4.78. The second kappa shape index (κ2) is 11.9. The summed E-state index contributed by atoms with van der Waals surface area (Å²) in [6, 6.07) is 67.9. The average Bonchev–Trinajstić information content (AvgIpc) is 3.80. The number of hydrogen-bond donors (Lipinski definition) is 0. The fraction of sp³-hybridized carbons (Fsp3) is 0. The smallest absolute Gasteiger partial charge is 0.143 e. The molecule has 248 valence electrons. The van der Waals surface area contributed by atoms with Gasteiger partial charge in [-0.25, -0.2) is 0 Å². The van der Waals surface area contributed by atoms with Crippen LogP contribution in [0.5, 0.6) is 0 Å². The molecular formula is C50H31NOS. The van der Waals surface area contributed by atoms with Gasteiger partial charge in [0.15, 0.2) is 0 Å². The Kier molecular flexibility index (Phi) is 6.76. The molecule has 3 heteroatoms. The van der Waals surface area contributed by atoms with Crippen LogP contribution < -0.4 is 4.90 Å². The van der Waals surface area contributed by atoms with E-state index in [0.29, 0.717) is 0 Å². The highest BCUT2D eigenvalue weighted by Crippen LogP contribution is 2.47. The predicted octanol–water partition coefficient (Wildman–Crippen LogP) is 15.1. The van der Waals surface area contributed by atoms with E-state index in [1.165, 1.54) is 64.0 Å². The molecule has 2 nitrogen and oxygen atoms in total. The van der Waals surface area contributed by atoms with Crippen LogP contribution in [-0.2, 0) is 0 Å². The van der Waals surface area contributed by atoms with Gasteiger partial charge in [-0.15, -0.1) is 11.3 Å². The molecule has 0 aliphatic heterocycles. The Morgan fingerprint density at radius 1 is 0.396 bits per heavy atom. The Labute approximate surface area is 310 Å². The molecule has 0 amide bonds. The molecule has 0 saturated carbocycles. The summed E-state index contributed by atoms with van der Waals surface area (Å²) < 4.78 is 9.16. The fourth-order valence-electron chi connectivity index (χ4n) is 8.21. The van der Waals surface area contributed by atoms with Crippen molar-refractivity contribution in [2.45, 2.75) is 0 Å². The molecule has 11 aromatic rings. The fourth-order valence-corrected chi connectivity index (χ4v) is 9.31. The zero-order valence-electron chi connectivity index (χ0n) is 28.7. The molecule has 0 unspecified atom stereocenters. The standard InChI is InChI=1S/C50H31NOS/c1-2-11-33(12-3-1)40-17-8-9-20-44(40)51(36-24-21-35(22-25-36)39-19-10-15-32-13-4-6-16-38(32)39)37-26-29-46-43(31-37)49-47(53-46)30-28-45-48(49)42-27-23-34-14-5-7-18-41(34)50(42)52-45/h1-31H. The number of furan rings is 1. The lowest BCUT2D eigenvalue weighted by Crippen LogP contribution is -2.11. The molecule has 53 heavy (non-hydrogen) atoms. The Morgan fingerprint density at radius 2 is 1.06 bits per heavy atom. The van der Waals surface area contributed by atoms with Crippen molar-refractivity contribution in [3.8, 4) is 22.3 Å². The van der Waals surface area contributed by atoms with Crippen LogP contribution in [0, 0.1) is 0 Å². The number of nitrogens with zero attached hydrogens (tertiary/aromatic N) is 1. The first kappa shape index (κ1) is 30.0. The highest BCUT2D eigenvalue weighted by atomic mass is 32.1. The summed E-state index contributed by atoms with van der Waals surface area (Å²) in [5.74, 6) is 0. The molecule has 0 saturated heterocycles. The lowest BCUT2D eigenvalue weighted by atomic mass is 9.97. The van der Waals surface area contributed by atoms with E-state index in [4.69, 9.17) is 4.42 Å². The number of anilines is 3. The van der Waals surface area contributed by atoms with Gasteiger partial charge < -0.3 is 9.32 Å². The number of hydrogen-bond acceptors (Lipinski definition) is 3. The van der Waals surface area contributed by atoms with E-state index in [9.17, 15) is 0 Å². The van der Waals surface area contributed by atoms with E-state index in [-0.39, 0.29) is 0 Å². The molecule has 0 bridgehead atoms. The number of para-hydroxylation sites is 1. The van der Waals surface area contributed by atoms with Crippen molar-refractivity contribution >= 4 is 92.1 Å². The topological polar surface area (TPSA) is 16.4 Å². The molecule has 2 aromatic heterocycles. The minimum Gasteiger partial charge on any atom is -0.455 e. The summed E-state index contributed by atoms with van der Waals surface area (Å²) in [5, 5.41) is 9.66. The van der Waals surface area contributed by atoms with Gasteiger partial charge in [0.05, 0.1) is 5.69 Å². The van der Waals surface area contributed by atoms with Crippen molar-refractivity contribution < 1.29 is 4.42 Å². The zero-order valence-corrected chi connectivity index (χ0v) is 29.5. The van der Waals surface area contributed by atoms with Crippen LogP contribution in [0.3, 0.4) is 0 Å². The van der Waals surface area contributed by atoms with Crippen molar-refractivity contribution in [1.82, 2.24) is 0 Å². The van der Waals surface area contributed by atoms with Crippen LogP contribution in [-0.4, -0.2) is 0 Å². The Bertz CT molecular complexity index is 3170. The van der Waals surface area contributed by atoms with Crippen molar-refractivity contribution in [1.29, 1.82) is 0 Å². The summed E-state index contributed by atoms with van der Waals surface area (Å²) in [4.78, 5) is 2.42. The quantitative estimate of drug-likeness (QED) is 0.178. The van der Waals surface area contributed by atoms with E-state index >= 15 is 0 Å². The Morgan fingerprint density at radius 3 is 1.92 bits per heavy atom. The lowest BCUT2D eigenvalue weighted by Gasteiger charge is -2.28. The maximum absolute atomic E-state index is 6.64. The van der Waals surface area contributed by atoms with Gasteiger partial charge in [0, 0.05) is 53.3 Å². The number of thiophene rings is 1. The number of rotatable bonds is 5. The first-order valence-corrected chi connectivity index (χ1v) is 18.8. The van der Waals surface area contributed by atoms with Gasteiger partial charge in [-0.05, 0) is 87.4 Å². The average molecular weight is 694 g/mol. The number of fused-ring (bicyclic) bond motifs is 10. The van der Waals surface area contributed by atoms with Crippen LogP contribution >= 0.6 is 11.3 Å². The highest BCUT2D eigenvalue weighted by molar-refractivity contribution is 7.26. The Hall–Kier alpha value is -6.68. The van der Waals surface area contributed by atoms with Gasteiger partial charge in [0.2, 0.25) is 0 Å². The summed E-state index contributed by atoms with van der Waals surface area (Å²) >= 11 is 1.84. The molecule has 0 aliphatic rings. The summed E-state index contributed by atoms with van der Waals surface area (Å²) in [6.07, 6.45) is 0. The SMILES string of the molecule is c1ccc(-c2ccccc2N(c2ccc(-c3cccc4ccccc34)cc2)c2ccc3sc4ccc5oc6c7ccccc7ccc6c5c4c3c2)cc1. The molecule has 0 fully saturated rings. The Balaban J connectivity index is 1.14. The molecule has 0 aliphatic carbocycles. The molecule has 11 rings (SSSR count). The second-order valence-electron chi connectivity index (χ2n) is 13.7. The minimum absolute atomic E-state index is 0.921.